The molecular formula is C11H16N2O2. The van der Waals surface area contributed by atoms with Crippen LogP contribution in [0.2, 0.25) is 0 Å². The first-order valence-electron chi connectivity index (χ1n) is 5.31. The highest BCUT2D eigenvalue weighted by Crippen LogP contribution is 2.29. The molecule has 1 saturated heterocycles. The molecule has 4 nitrogen and oxygen atoms in total. The average Bonchev–Trinajstić information content (AvgIpc) is 2.72. The summed E-state index contributed by atoms with van der Waals surface area (Å²) < 4.78 is 5.41. The van der Waals surface area contributed by atoms with Crippen LogP contribution in [-0.4, -0.2) is 29.3 Å². The molecule has 0 aliphatic carbocycles. The minimum Gasteiger partial charge on any atom is -0.447 e. The van der Waals surface area contributed by atoms with Gasteiger partial charge in [0.2, 0.25) is 5.89 Å². The summed E-state index contributed by atoms with van der Waals surface area (Å²) in [6.45, 7) is 2.66. The highest BCUT2D eigenvalue weighted by atomic mass is 16.3. The van der Waals surface area contributed by atoms with E-state index in [1.54, 1.807) is 13.2 Å². The summed E-state index contributed by atoms with van der Waals surface area (Å²) in [5.74, 6) is 0.876. The van der Waals surface area contributed by atoms with Gasteiger partial charge >= 0.3 is 0 Å². The molecule has 2 rings (SSSR count). The van der Waals surface area contributed by atoms with E-state index in [2.05, 4.69) is 16.9 Å². The van der Waals surface area contributed by atoms with Crippen LogP contribution in [0.1, 0.15) is 37.4 Å². The number of rotatable bonds is 3. The van der Waals surface area contributed by atoms with Crippen LogP contribution in [0.5, 0.6) is 0 Å². The molecule has 0 bridgehead atoms. The third-order valence-corrected chi connectivity index (χ3v) is 2.81. The van der Waals surface area contributed by atoms with Crippen molar-refractivity contribution in [3.8, 4) is 0 Å². The van der Waals surface area contributed by atoms with E-state index < -0.39 is 0 Å². The van der Waals surface area contributed by atoms with Crippen molar-refractivity contribution in [1.29, 1.82) is 0 Å². The molecule has 2 heterocycles. The van der Waals surface area contributed by atoms with E-state index in [9.17, 15) is 4.79 Å². The zero-order valence-electron chi connectivity index (χ0n) is 9.19. The zero-order chi connectivity index (χ0) is 10.8. The second-order valence-corrected chi connectivity index (χ2v) is 4.19. The van der Waals surface area contributed by atoms with Gasteiger partial charge < -0.3 is 4.42 Å². The van der Waals surface area contributed by atoms with Gasteiger partial charge in [-0.2, -0.15) is 0 Å². The number of ketones is 1. The first-order chi connectivity index (χ1) is 7.16. The Labute approximate surface area is 89.3 Å². The van der Waals surface area contributed by atoms with E-state index in [0.717, 1.165) is 24.6 Å². The van der Waals surface area contributed by atoms with Gasteiger partial charge in [-0.05, 0) is 33.4 Å². The Kier molecular flexibility index (Phi) is 2.86. The normalized spacial score (nSPS) is 22.1. The fourth-order valence-corrected chi connectivity index (χ4v) is 2.03. The lowest BCUT2D eigenvalue weighted by Gasteiger charge is -2.14. The molecule has 1 fully saturated rings. The van der Waals surface area contributed by atoms with E-state index in [1.807, 2.05) is 0 Å². The Morgan fingerprint density at radius 1 is 1.73 bits per heavy atom. The van der Waals surface area contributed by atoms with Crippen LogP contribution >= 0.6 is 0 Å². The number of Topliss-reactive ketones (excluding diaryl/α,β-unsaturated/α-hetero) is 1. The number of hydrogen-bond acceptors (Lipinski definition) is 4. The number of carbonyl (C=O) groups is 1. The van der Waals surface area contributed by atoms with Gasteiger partial charge in [0.25, 0.3) is 0 Å². The van der Waals surface area contributed by atoms with Crippen molar-refractivity contribution in [1.82, 2.24) is 9.88 Å². The second-order valence-electron chi connectivity index (χ2n) is 4.19. The molecule has 0 N–H and O–H groups in total. The van der Waals surface area contributed by atoms with Gasteiger partial charge in [0.05, 0.1) is 18.2 Å². The Bertz CT molecular complexity index is 359. The van der Waals surface area contributed by atoms with Crippen molar-refractivity contribution in [3.63, 3.8) is 0 Å². The number of aromatic nitrogens is 1. The first-order valence-corrected chi connectivity index (χ1v) is 5.31. The van der Waals surface area contributed by atoms with Crippen LogP contribution in [0.3, 0.4) is 0 Å². The molecular weight excluding hydrogens is 192 g/mol. The molecule has 82 valence electrons. The molecule has 4 heteroatoms. The van der Waals surface area contributed by atoms with Crippen molar-refractivity contribution in [2.24, 2.45) is 0 Å². The van der Waals surface area contributed by atoms with Gasteiger partial charge in [-0.25, -0.2) is 4.98 Å². The lowest BCUT2D eigenvalue weighted by molar-refractivity contribution is -0.116. The van der Waals surface area contributed by atoms with E-state index in [-0.39, 0.29) is 5.78 Å². The van der Waals surface area contributed by atoms with Gasteiger partial charge in [-0.3, -0.25) is 9.69 Å². The van der Waals surface area contributed by atoms with E-state index in [0.29, 0.717) is 12.5 Å². The number of likely N-dealkylation sites (tertiary alicyclic amines) is 1. The lowest BCUT2D eigenvalue weighted by atomic mass is 10.2. The molecule has 1 aliphatic rings. The maximum Gasteiger partial charge on any atom is 0.211 e. The highest BCUT2D eigenvalue weighted by molar-refractivity contribution is 5.77. The summed E-state index contributed by atoms with van der Waals surface area (Å²) in [6, 6.07) is 0.297. The Balaban J connectivity index is 2.09. The van der Waals surface area contributed by atoms with Crippen LogP contribution < -0.4 is 0 Å². The Morgan fingerprint density at radius 2 is 2.53 bits per heavy atom. The van der Waals surface area contributed by atoms with Crippen molar-refractivity contribution in [2.75, 3.05) is 13.6 Å². The standard InChI is InChI=1S/C11H16N2O2/c1-8(14)6-9-7-15-11(12-9)10-4-3-5-13(10)2/h7,10H,3-6H2,1-2H3. The number of oxazole rings is 1. The molecule has 0 saturated carbocycles. The van der Waals surface area contributed by atoms with Crippen molar-refractivity contribution < 1.29 is 9.21 Å². The molecule has 1 unspecified atom stereocenters. The van der Waals surface area contributed by atoms with Crippen molar-refractivity contribution in [3.05, 3.63) is 17.8 Å². The predicted octanol–water partition coefficient (Wildman–Crippen LogP) is 1.57. The van der Waals surface area contributed by atoms with Crippen LogP contribution in [0.4, 0.5) is 0 Å². The number of hydrogen-bond donors (Lipinski definition) is 0. The topological polar surface area (TPSA) is 46.3 Å². The van der Waals surface area contributed by atoms with Crippen LogP contribution in [-0.2, 0) is 11.2 Å². The smallest absolute Gasteiger partial charge is 0.211 e. The van der Waals surface area contributed by atoms with E-state index >= 15 is 0 Å². The summed E-state index contributed by atoms with van der Waals surface area (Å²) in [7, 11) is 2.08. The molecule has 0 amide bonds. The SMILES string of the molecule is CC(=O)Cc1coc(C2CCCN2C)n1. The summed E-state index contributed by atoms with van der Waals surface area (Å²) in [5.41, 5.74) is 0.748. The van der Waals surface area contributed by atoms with Gasteiger partial charge in [0.1, 0.15) is 12.0 Å². The quantitative estimate of drug-likeness (QED) is 0.756. The summed E-state index contributed by atoms with van der Waals surface area (Å²) >= 11 is 0. The van der Waals surface area contributed by atoms with Gasteiger partial charge in [-0.1, -0.05) is 0 Å². The third-order valence-electron chi connectivity index (χ3n) is 2.81. The van der Waals surface area contributed by atoms with Crippen LogP contribution in [0.15, 0.2) is 10.7 Å². The van der Waals surface area contributed by atoms with Crippen LogP contribution in [0, 0.1) is 0 Å². The minimum atomic E-state index is 0.120. The monoisotopic (exact) mass is 208 g/mol. The maximum absolute atomic E-state index is 10.9. The van der Waals surface area contributed by atoms with Gasteiger partial charge in [-0.15, -0.1) is 0 Å². The first kappa shape index (κ1) is 10.4. The molecule has 1 aromatic heterocycles. The second kappa shape index (κ2) is 4.14. The highest BCUT2D eigenvalue weighted by Gasteiger charge is 2.26. The molecule has 15 heavy (non-hydrogen) atoms. The fourth-order valence-electron chi connectivity index (χ4n) is 2.03. The Hall–Kier alpha value is -1.16. The lowest BCUT2D eigenvalue weighted by Crippen LogP contribution is -2.17. The predicted molar refractivity (Wildman–Crippen MR) is 55.5 cm³/mol. The molecule has 1 aromatic rings. The molecule has 1 atom stereocenters. The molecule has 0 spiro atoms. The fraction of sp³-hybridized carbons (Fsp3) is 0.636. The molecule has 0 aromatic carbocycles. The molecule has 1 aliphatic heterocycles. The van der Waals surface area contributed by atoms with Crippen LogP contribution in [0.25, 0.3) is 0 Å². The number of carbonyl (C=O) groups excluding carboxylic acids is 1. The maximum atomic E-state index is 10.9. The zero-order valence-corrected chi connectivity index (χ0v) is 9.19. The van der Waals surface area contributed by atoms with E-state index in [1.165, 1.54) is 6.42 Å². The van der Waals surface area contributed by atoms with Crippen molar-refractivity contribution >= 4 is 5.78 Å². The average molecular weight is 208 g/mol. The van der Waals surface area contributed by atoms with Crippen molar-refractivity contribution in [2.45, 2.75) is 32.2 Å². The number of nitrogens with zero attached hydrogens (tertiary/aromatic N) is 2. The summed E-state index contributed by atoms with van der Waals surface area (Å²) in [5, 5.41) is 0. The van der Waals surface area contributed by atoms with E-state index in [4.69, 9.17) is 4.42 Å². The Morgan fingerprint density at radius 3 is 3.13 bits per heavy atom. The van der Waals surface area contributed by atoms with Gasteiger partial charge in [0.15, 0.2) is 0 Å². The largest absolute Gasteiger partial charge is 0.447 e. The van der Waals surface area contributed by atoms with Gasteiger partial charge in [0, 0.05) is 0 Å². The molecule has 0 radical (unpaired) electrons. The third kappa shape index (κ3) is 2.26. The summed E-state index contributed by atoms with van der Waals surface area (Å²) in [4.78, 5) is 17.5. The minimum absolute atomic E-state index is 0.120. The summed E-state index contributed by atoms with van der Waals surface area (Å²) in [6.07, 6.45) is 4.25.